The molecule has 262 valence electrons. The number of ether oxygens (including phenoxy) is 1. The molecule has 1 unspecified atom stereocenters. The third-order valence-corrected chi connectivity index (χ3v) is 7.04. The molecular formula is C29H55N2O11PPt. The molecule has 0 aromatic carbocycles. The Morgan fingerprint density at radius 2 is 1.25 bits per heavy atom. The number of esters is 1. The number of hydrogen-bond acceptors (Lipinski definition) is 11. The number of rotatable bonds is 20. The number of carbonyl (C=O) groups is 3. The first-order chi connectivity index (χ1) is 20.3. The van der Waals surface area contributed by atoms with Gasteiger partial charge in [-0.1, -0.05) is 83.3 Å². The molecule has 1 fully saturated rings. The minimum absolute atomic E-state index is 0. The van der Waals surface area contributed by atoms with Gasteiger partial charge in [-0.05, 0) is 44.9 Å². The van der Waals surface area contributed by atoms with E-state index in [0.29, 0.717) is 0 Å². The third kappa shape index (κ3) is 37.0. The molecule has 0 aromatic rings. The van der Waals surface area contributed by atoms with Crippen molar-refractivity contribution in [3.8, 4) is 0 Å². The number of phosphoric ester groups is 1. The van der Waals surface area contributed by atoms with Crippen molar-refractivity contribution in [3.63, 3.8) is 0 Å². The summed E-state index contributed by atoms with van der Waals surface area (Å²) >= 11 is 0. The van der Waals surface area contributed by atoms with Gasteiger partial charge in [-0.3, -0.25) is 9.32 Å². The molecule has 0 bridgehead atoms. The summed E-state index contributed by atoms with van der Waals surface area (Å²) in [6.45, 7) is 1.33. The Hall–Kier alpha value is -1.17. The number of aliphatic carboxylic acids is 2. The van der Waals surface area contributed by atoms with Gasteiger partial charge in [0.15, 0.2) is 0 Å². The van der Waals surface area contributed by atoms with Crippen LogP contribution in [-0.2, 0) is 49.3 Å². The van der Waals surface area contributed by atoms with Crippen molar-refractivity contribution in [2.24, 2.45) is 11.5 Å². The Bertz CT molecular complexity index is 777. The summed E-state index contributed by atoms with van der Waals surface area (Å²) in [5.41, 5.74) is 11.3. The van der Waals surface area contributed by atoms with Crippen LogP contribution in [0.4, 0.5) is 0 Å². The van der Waals surface area contributed by atoms with Crippen LogP contribution in [0, 0.1) is 0 Å². The Balaban J connectivity index is -0.000000910. The van der Waals surface area contributed by atoms with Gasteiger partial charge in [-0.15, -0.1) is 0 Å². The van der Waals surface area contributed by atoms with Gasteiger partial charge in [-0.2, -0.15) is 0 Å². The van der Waals surface area contributed by atoms with Crippen molar-refractivity contribution in [2.75, 3.05) is 13.2 Å². The SMILES string of the molecule is CCCCCCCC/C=C\CCCCCCCC(=O)OCC(O)COP(=O)(O)O.N[C@@H]1CCCC[C@H]1N.O=C([O-])C(=O)[O-].[Pt+2]. The van der Waals surface area contributed by atoms with Crippen molar-refractivity contribution in [2.45, 2.75) is 141 Å². The van der Waals surface area contributed by atoms with Crippen molar-refractivity contribution < 1.29 is 74.4 Å². The van der Waals surface area contributed by atoms with Gasteiger partial charge >= 0.3 is 34.9 Å². The fraction of sp³-hybridized carbons (Fsp3) is 0.828. The van der Waals surface area contributed by atoms with Gasteiger partial charge in [0.2, 0.25) is 0 Å². The summed E-state index contributed by atoms with van der Waals surface area (Å²) in [5.74, 6) is -4.79. The van der Waals surface area contributed by atoms with Crippen LogP contribution in [0.3, 0.4) is 0 Å². The molecule has 1 rings (SSSR count). The van der Waals surface area contributed by atoms with E-state index in [1.807, 2.05) is 0 Å². The fourth-order valence-corrected chi connectivity index (χ4v) is 4.39. The van der Waals surface area contributed by atoms with Crippen LogP contribution in [0.1, 0.15) is 122 Å². The van der Waals surface area contributed by atoms with E-state index in [0.717, 1.165) is 44.9 Å². The first kappa shape index (κ1) is 47.2. The van der Waals surface area contributed by atoms with Crippen LogP contribution in [0.2, 0.25) is 0 Å². The number of aliphatic hydroxyl groups excluding tert-OH is 1. The van der Waals surface area contributed by atoms with Gasteiger partial charge in [0.05, 0.1) is 18.5 Å². The number of aliphatic hydroxyl groups is 1. The predicted octanol–water partition coefficient (Wildman–Crippen LogP) is 1.74. The van der Waals surface area contributed by atoms with Crippen LogP contribution >= 0.6 is 7.82 Å². The molecule has 44 heavy (non-hydrogen) atoms. The minimum Gasteiger partial charge on any atom is -0.543 e. The number of hydrogen-bond donors (Lipinski definition) is 5. The first-order valence-corrected chi connectivity index (χ1v) is 16.9. The molecule has 0 amide bonds. The van der Waals surface area contributed by atoms with E-state index in [9.17, 15) is 14.5 Å². The molecule has 1 aliphatic rings. The molecule has 1 aliphatic carbocycles. The van der Waals surface area contributed by atoms with Crippen LogP contribution in [-0.4, -0.2) is 64.2 Å². The Kier molecular flexibility index (Phi) is 34.1. The number of carbonyl (C=O) groups excluding carboxylic acids is 3. The van der Waals surface area contributed by atoms with Gasteiger partial charge < -0.3 is 50.9 Å². The van der Waals surface area contributed by atoms with E-state index < -0.39 is 38.4 Å². The molecule has 3 atom stereocenters. The number of carboxylic acid groups (broad SMARTS) is 2. The van der Waals surface area contributed by atoms with Crippen molar-refractivity contribution >= 4 is 25.7 Å². The largest absolute Gasteiger partial charge is 2.00 e. The summed E-state index contributed by atoms with van der Waals surface area (Å²) in [6, 6.07) is 0.562. The van der Waals surface area contributed by atoms with Gasteiger partial charge in [0.25, 0.3) is 0 Å². The first-order valence-electron chi connectivity index (χ1n) is 15.4. The zero-order chi connectivity index (χ0) is 32.9. The summed E-state index contributed by atoms with van der Waals surface area (Å²) in [5, 5.41) is 27.3. The van der Waals surface area contributed by atoms with Crippen LogP contribution in [0.5, 0.6) is 0 Å². The minimum atomic E-state index is -4.62. The summed E-state index contributed by atoms with van der Waals surface area (Å²) in [4.78, 5) is 46.4. The van der Waals surface area contributed by atoms with Gasteiger partial charge in [-0.25, -0.2) is 4.57 Å². The Labute approximate surface area is 277 Å². The molecule has 7 N–H and O–H groups in total. The fourth-order valence-electron chi connectivity index (χ4n) is 4.02. The monoisotopic (exact) mass is 833 g/mol. The third-order valence-electron chi connectivity index (χ3n) is 6.56. The normalized spacial score (nSPS) is 16.9. The topological polar surface area (TPSA) is 246 Å². The van der Waals surface area contributed by atoms with Crippen molar-refractivity contribution in [1.29, 1.82) is 0 Å². The molecule has 0 aromatic heterocycles. The molecule has 0 spiro atoms. The smallest absolute Gasteiger partial charge is 0.543 e. The quantitative estimate of drug-likeness (QED) is 0.0386. The molecule has 0 heterocycles. The zero-order valence-electron chi connectivity index (χ0n) is 26.1. The predicted molar refractivity (Wildman–Crippen MR) is 159 cm³/mol. The van der Waals surface area contributed by atoms with Crippen LogP contribution in [0.15, 0.2) is 12.2 Å². The van der Waals surface area contributed by atoms with Crippen LogP contribution in [0.25, 0.3) is 0 Å². The van der Waals surface area contributed by atoms with Crippen molar-refractivity contribution in [1.82, 2.24) is 0 Å². The second kappa shape index (κ2) is 31.8. The van der Waals surface area contributed by atoms with E-state index in [4.69, 9.17) is 45.8 Å². The standard InChI is InChI=1S/C21H41O7P.C6H14N2.C2H2O4.Pt/c1-2-3-4-5-6-7-8-9-10-11-12-13-14-15-16-17-21(23)27-18-20(22)19-28-29(24,25)26;7-5-3-1-2-4-6(5)8;3-1(4)2(5)6;/h9-10,20,22H,2-8,11-19H2,1H3,(H2,24,25,26);5-6H,1-4,7-8H2;(H,3,4)(H,5,6);/q;;;+2/p-2/b10-9-;;;/t;5-,6-;;/m.1../s1. The summed E-state index contributed by atoms with van der Waals surface area (Å²) in [6.07, 6.45) is 23.8. The maximum absolute atomic E-state index is 11.5. The van der Waals surface area contributed by atoms with E-state index in [1.165, 1.54) is 64.2 Å². The molecule has 1 saturated carbocycles. The Morgan fingerprint density at radius 3 is 1.66 bits per heavy atom. The van der Waals surface area contributed by atoms with Gasteiger partial charge in [0, 0.05) is 18.5 Å². The van der Waals surface area contributed by atoms with Gasteiger partial charge in [0.1, 0.15) is 12.7 Å². The van der Waals surface area contributed by atoms with E-state index in [2.05, 4.69) is 23.6 Å². The summed E-state index contributed by atoms with van der Waals surface area (Å²) in [7, 11) is -4.62. The second-order valence-electron chi connectivity index (χ2n) is 10.6. The number of carboxylic acids is 2. The zero-order valence-corrected chi connectivity index (χ0v) is 29.2. The maximum atomic E-state index is 11.5. The number of unbranched alkanes of at least 4 members (excludes halogenated alkanes) is 11. The molecule has 0 saturated heterocycles. The second-order valence-corrected chi connectivity index (χ2v) is 11.9. The summed E-state index contributed by atoms with van der Waals surface area (Å²) < 4.78 is 19.5. The molecule has 0 aliphatic heterocycles. The molecular weight excluding hydrogens is 778 g/mol. The Morgan fingerprint density at radius 1 is 0.818 bits per heavy atom. The number of allylic oxidation sites excluding steroid dienone is 2. The van der Waals surface area contributed by atoms with Crippen LogP contribution < -0.4 is 21.7 Å². The van der Waals surface area contributed by atoms with E-state index >= 15 is 0 Å². The van der Waals surface area contributed by atoms with E-state index in [1.54, 1.807) is 0 Å². The molecule has 0 radical (unpaired) electrons. The average molecular weight is 834 g/mol. The average Bonchev–Trinajstić information content (AvgIpc) is 2.94. The maximum Gasteiger partial charge on any atom is 2.00 e. The number of nitrogens with two attached hydrogens (primary N) is 2. The molecule has 15 heteroatoms. The van der Waals surface area contributed by atoms with E-state index in [-0.39, 0.29) is 46.2 Å². The molecule has 13 nitrogen and oxygen atoms in total. The van der Waals surface area contributed by atoms with Crippen molar-refractivity contribution in [3.05, 3.63) is 12.2 Å². The number of phosphoric acid groups is 1.